The van der Waals surface area contributed by atoms with Crippen molar-refractivity contribution in [2.24, 2.45) is 0 Å². The Balaban J connectivity index is 0.000000207. The summed E-state index contributed by atoms with van der Waals surface area (Å²) in [5.41, 5.74) is 12.6. The van der Waals surface area contributed by atoms with Crippen LogP contribution in [0.15, 0.2) is 83.6 Å². The maximum atomic E-state index is 11.1. The predicted molar refractivity (Wildman–Crippen MR) is 289 cm³/mol. The molecular weight excluding hydrogens is 909 g/mol. The van der Waals surface area contributed by atoms with Gasteiger partial charge in [-0.2, -0.15) is 0 Å². The number of thiazole rings is 2. The Kier molecular flexibility index (Phi) is 18.3. The van der Waals surface area contributed by atoms with Crippen molar-refractivity contribution in [1.82, 2.24) is 9.97 Å². The third-order valence-corrected chi connectivity index (χ3v) is 15.2. The van der Waals surface area contributed by atoms with Crippen LogP contribution >= 0.6 is 22.7 Å². The Labute approximate surface area is 426 Å². The molecule has 0 fully saturated rings. The summed E-state index contributed by atoms with van der Waals surface area (Å²) in [4.78, 5) is 20.8. The highest BCUT2D eigenvalue weighted by Gasteiger charge is 2.26. The summed E-state index contributed by atoms with van der Waals surface area (Å²) in [6, 6.07) is 25.6. The van der Waals surface area contributed by atoms with Crippen LogP contribution in [0.2, 0.25) is 0 Å². The molecule has 8 rings (SSSR count). The lowest BCUT2D eigenvalue weighted by Gasteiger charge is -2.15. The summed E-state index contributed by atoms with van der Waals surface area (Å²) >= 11 is 3.42. The Morgan fingerprint density at radius 2 is 1.04 bits per heavy atom. The fourth-order valence-electron chi connectivity index (χ4n) is 9.39. The first-order valence-corrected chi connectivity index (χ1v) is 27.6. The van der Waals surface area contributed by atoms with Crippen LogP contribution in [-0.4, -0.2) is 47.5 Å². The van der Waals surface area contributed by atoms with E-state index in [9.17, 15) is 4.79 Å². The SMILES string of the molecule is CCCc1cc(-c2nc(C(C)(C)C)cs2)ccc1OCCCOc1ccc2c(c1)CC[C@@H]2CC(=O)O.CCCc1cc(-c2nc(C(C)(C)C)cs2)ccc1OCCCOc1ccc2c(c1)CC[C@H]2CC. The number of carboxylic acid groups (broad SMARTS) is 1. The van der Waals surface area contributed by atoms with Crippen molar-refractivity contribution in [3.8, 4) is 44.1 Å². The molecule has 70 heavy (non-hydrogen) atoms. The van der Waals surface area contributed by atoms with Crippen LogP contribution in [-0.2, 0) is 41.3 Å². The lowest BCUT2D eigenvalue weighted by atomic mass is 9.93. The highest BCUT2D eigenvalue weighted by atomic mass is 32.1. The van der Waals surface area contributed by atoms with Crippen LogP contribution in [0, 0.1) is 0 Å². The van der Waals surface area contributed by atoms with E-state index >= 15 is 0 Å². The number of carbonyl (C=O) groups is 1. The normalized spacial score (nSPS) is 15.2. The van der Waals surface area contributed by atoms with E-state index in [1.165, 1.54) is 52.6 Å². The van der Waals surface area contributed by atoms with Crippen LogP contribution in [0.4, 0.5) is 0 Å². The van der Waals surface area contributed by atoms with E-state index in [1.807, 2.05) is 12.1 Å². The van der Waals surface area contributed by atoms with Gasteiger partial charge >= 0.3 is 5.97 Å². The van der Waals surface area contributed by atoms with E-state index in [4.69, 9.17) is 34.0 Å². The lowest BCUT2D eigenvalue weighted by Crippen LogP contribution is -2.11. The number of aromatic nitrogens is 2. The van der Waals surface area contributed by atoms with Crippen molar-refractivity contribution in [3.63, 3.8) is 0 Å². The third kappa shape index (κ3) is 14.0. The molecular formula is C60H76N2O6S2. The summed E-state index contributed by atoms with van der Waals surface area (Å²) in [6.45, 7) is 22.4. The number of fused-ring (bicyclic) bond motifs is 2. The van der Waals surface area contributed by atoms with Gasteiger partial charge in [0.2, 0.25) is 0 Å². The minimum atomic E-state index is -0.734. The molecule has 1 N–H and O–H groups in total. The van der Waals surface area contributed by atoms with Crippen molar-refractivity contribution in [2.75, 3.05) is 26.4 Å². The molecule has 374 valence electrons. The Morgan fingerprint density at radius 3 is 1.46 bits per heavy atom. The minimum absolute atomic E-state index is 0.0503. The van der Waals surface area contributed by atoms with Crippen LogP contribution in [0.25, 0.3) is 21.1 Å². The van der Waals surface area contributed by atoms with E-state index in [2.05, 4.69) is 134 Å². The quantitative estimate of drug-likeness (QED) is 0.0712. The first-order valence-electron chi connectivity index (χ1n) is 25.8. The number of aryl methyl sites for hydroxylation is 4. The predicted octanol–water partition coefficient (Wildman–Crippen LogP) is 15.8. The van der Waals surface area contributed by atoms with Gasteiger partial charge in [-0.15, -0.1) is 22.7 Å². The molecule has 4 aromatic carbocycles. The number of ether oxygens (including phenoxy) is 4. The fourth-order valence-corrected chi connectivity index (χ4v) is 11.5. The van der Waals surface area contributed by atoms with Crippen molar-refractivity contribution < 1.29 is 28.8 Å². The van der Waals surface area contributed by atoms with Crippen LogP contribution in [0.1, 0.15) is 170 Å². The molecule has 0 amide bonds. The number of nitrogens with zero attached hydrogens (tertiary/aromatic N) is 2. The number of hydrogen-bond donors (Lipinski definition) is 1. The molecule has 0 radical (unpaired) electrons. The summed E-state index contributed by atoms with van der Waals surface area (Å²) in [6.07, 6.45) is 11.5. The van der Waals surface area contributed by atoms with E-state index < -0.39 is 5.97 Å². The Morgan fingerprint density at radius 1 is 0.600 bits per heavy atom. The monoisotopic (exact) mass is 985 g/mol. The molecule has 0 unspecified atom stereocenters. The summed E-state index contributed by atoms with van der Waals surface area (Å²) in [5.74, 6) is 3.89. The first kappa shape index (κ1) is 52.6. The third-order valence-electron chi connectivity index (χ3n) is 13.4. The highest BCUT2D eigenvalue weighted by Crippen LogP contribution is 2.39. The summed E-state index contributed by atoms with van der Waals surface area (Å²) < 4.78 is 24.3. The molecule has 2 heterocycles. The molecule has 2 aromatic heterocycles. The Hall–Kier alpha value is -5.19. The fraction of sp³-hybridized carbons (Fsp3) is 0.483. The molecule has 0 spiro atoms. The topological polar surface area (TPSA) is 100 Å². The van der Waals surface area contributed by atoms with E-state index in [1.54, 1.807) is 22.7 Å². The van der Waals surface area contributed by atoms with Gasteiger partial charge in [-0.05, 0) is 151 Å². The maximum absolute atomic E-state index is 11.1. The molecule has 0 aliphatic heterocycles. The zero-order valence-electron chi connectivity index (χ0n) is 43.3. The molecule has 6 aromatic rings. The van der Waals surface area contributed by atoms with Gasteiger partial charge < -0.3 is 24.1 Å². The molecule has 0 bridgehead atoms. The van der Waals surface area contributed by atoms with Gasteiger partial charge in [-0.25, -0.2) is 9.97 Å². The van der Waals surface area contributed by atoms with Crippen LogP contribution < -0.4 is 18.9 Å². The Bertz CT molecular complexity index is 2650. The van der Waals surface area contributed by atoms with Gasteiger partial charge in [0.25, 0.3) is 0 Å². The van der Waals surface area contributed by atoms with Gasteiger partial charge in [0.05, 0.1) is 44.2 Å². The van der Waals surface area contributed by atoms with Gasteiger partial charge in [0.15, 0.2) is 0 Å². The average Bonchev–Trinajstić information content (AvgIpc) is 4.17. The minimum Gasteiger partial charge on any atom is -0.493 e. The second-order valence-electron chi connectivity index (χ2n) is 21.0. The average molecular weight is 985 g/mol. The number of benzene rings is 4. The van der Waals surface area contributed by atoms with Crippen molar-refractivity contribution in [2.45, 2.75) is 162 Å². The van der Waals surface area contributed by atoms with Crippen molar-refractivity contribution >= 4 is 28.6 Å². The van der Waals surface area contributed by atoms with Gasteiger partial charge in [-0.3, -0.25) is 4.79 Å². The molecule has 2 aliphatic rings. The smallest absolute Gasteiger partial charge is 0.303 e. The maximum Gasteiger partial charge on any atom is 0.303 e. The largest absolute Gasteiger partial charge is 0.493 e. The second-order valence-corrected chi connectivity index (χ2v) is 22.7. The molecule has 0 saturated carbocycles. The first-order chi connectivity index (χ1) is 33.6. The molecule has 2 aliphatic carbocycles. The summed E-state index contributed by atoms with van der Waals surface area (Å²) in [5, 5.41) is 15.6. The van der Waals surface area contributed by atoms with Crippen LogP contribution in [0.5, 0.6) is 23.0 Å². The second kappa shape index (κ2) is 24.3. The van der Waals surface area contributed by atoms with E-state index in [0.29, 0.717) is 26.4 Å². The molecule has 8 nitrogen and oxygen atoms in total. The molecule has 0 saturated heterocycles. The standard InChI is InChI=1S/C30H37NO4S.C30H39NO2S/c1-5-7-22-16-23(29-31-27(19-36-29)30(2,3)4)10-13-26(22)35-15-6-14-34-24-11-12-25-20(17-24)8-9-21(25)18-28(32)33;1-6-9-23-18-24(29-31-28(20-34-29)30(3,4)5)12-15-27(23)33-17-8-16-32-25-13-14-26-21(7-2)10-11-22(26)19-25/h10-13,16-17,19,21H,5-9,14-15,18H2,1-4H3,(H,32,33);12-15,18-21H,6-11,16-17H2,1-5H3/t2*21-/m11/s1. The summed E-state index contributed by atoms with van der Waals surface area (Å²) in [7, 11) is 0. The van der Waals surface area contributed by atoms with Crippen molar-refractivity contribution in [3.05, 3.63) is 128 Å². The van der Waals surface area contributed by atoms with Crippen LogP contribution in [0.3, 0.4) is 0 Å². The van der Waals surface area contributed by atoms with Gasteiger partial charge in [-0.1, -0.05) is 87.3 Å². The van der Waals surface area contributed by atoms with E-state index in [-0.39, 0.29) is 23.2 Å². The number of rotatable bonds is 21. The van der Waals surface area contributed by atoms with Gasteiger partial charge in [0, 0.05) is 45.6 Å². The number of hydrogen-bond acceptors (Lipinski definition) is 9. The lowest BCUT2D eigenvalue weighted by molar-refractivity contribution is -0.137. The van der Waals surface area contributed by atoms with E-state index in [0.717, 1.165) is 113 Å². The number of aliphatic carboxylic acids is 1. The van der Waals surface area contributed by atoms with Gasteiger partial charge in [0.1, 0.15) is 33.0 Å². The van der Waals surface area contributed by atoms with Crippen molar-refractivity contribution in [1.29, 1.82) is 0 Å². The zero-order chi connectivity index (χ0) is 49.8. The molecule has 10 heteroatoms. The number of carboxylic acids is 1. The molecule has 2 atom stereocenters. The highest BCUT2D eigenvalue weighted by molar-refractivity contribution is 7.13. The zero-order valence-corrected chi connectivity index (χ0v) is 44.9.